The van der Waals surface area contributed by atoms with Gasteiger partial charge in [-0.25, -0.2) is 5.06 Å². The Morgan fingerprint density at radius 2 is 2.00 bits per heavy atom. The Morgan fingerprint density at radius 1 is 1.30 bits per heavy atom. The van der Waals surface area contributed by atoms with Crippen molar-refractivity contribution in [2.75, 3.05) is 14.2 Å². The van der Waals surface area contributed by atoms with Crippen LogP contribution in [-0.2, 0) is 4.84 Å². The molecule has 2 aromatic rings. The predicted octanol–water partition coefficient (Wildman–Crippen LogP) is 3.49. The Kier molecular flexibility index (Phi) is 4.30. The number of hydrogen-bond donors (Lipinski definition) is 0. The molecule has 0 aliphatic rings. The molecule has 0 aliphatic carbocycles. The minimum Gasteiger partial charge on any atom is -0.318 e. The van der Waals surface area contributed by atoms with Crippen molar-refractivity contribution in [1.82, 2.24) is 9.63 Å². The summed E-state index contributed by atoms with van der Waals surface area (Å²) in [6, 6.07) is 9.87. The second-order valence-electron chi connectivity index (χ2n) is 4.59. The molecule has 0 N–H and O–H groups in total. The zero-order valence-corrected chi connectivity index (χ0v) is 13.6. The average molecular weight is 337 g/mol. The molecule has 20 heavy (non-hydrogen) atoms. The van der Waals surface area contributed by atoms with E-state index in [2.05, 4.69) is 20.5 Å². The SMILES string of the molecule is CON(C)C(=O)c1cc(C)n(-c2cccc(Br)c2)c1C. The zero-order chi connectivity index (χ0) is 14.9. The molecule has 0 saturated heterocycles. The molecule has 1 amide bonds. The van der Waals surface area contributed by atoms with Crippen molar-refractivity contribution in [3.8, 4) is 5.69 Å². The smallest absolute Gasteiger partial charge is 0.278 e. The van der Waals surface area contributed by atoms with Gasteiger partial charge < -0.3 is 4.57 Å². The highest BCUT2D eigenvalue weighted by Crippen LogP contribution is 2.23. The molecular weight excluding hydrogens is 320 g/mol. The van der Waals surface area contributed by atoms with Crippen LogP contribution in [0.2, 0.25) is 0 Å². The number of carbonyl (C=O) groups excluding carboxylic acids is 1. The summed E-state index contributed by atoms with van der Waals surface area (Å²) in [7, 11) is 3.08. The monoisotopic (exact) mass is 336 g/mol. The van der Waals surface area contributed by atoms with E-state index >= 15 is 0 Å². The maximum absolute atomic E-state index is 12.2. The third kappa shape index (κ3) is 2.64. The van der Waals surface area contributed by atoms with Crippen LogP contribution in [0.1, 0.15) is 21.7 Å². The van der Waals surface area contributed by atoms with Crippen molar-refractivity contribution in [1.29, 1.82) is 0 Å². The summed E-state index contributed by atoms with van der Waals surface area (Å²) in [5.41, 5.74) is 3.57. The molecule has 0 aliphatic heterocycles. The summed E-state index contributed by atoms with van der Waals surface area (Å²) in [6.45, 7) is 3.92. The maximum atomic E-state index is 12.2. The van der Waals surface area contributed by atoms with E-state index in [4.69, 9.17) is 4.84 Å². The van der Waals surface area contributed by atoms with Gasteiger partial charge in [0.2, 0.25) is 0 Å². The molecule has 1 aromatic heterocycles. The van der Waals surface area contributed by atoms with Gasteiger partial charge in [0.1, 0.15) is 0 Å². The molecule has 0 spiro atoms. The number of halogens is 1. The van der Waals surface area contributed by atoms with Crippen molar-refractivity contribution in [2.45, 2.75) is 13.8 Å². The first kappa shape index (κ1) is 14.8. The third-order valence-electron chi connectivity index (χ3n) is 3.29. The van der Waals surface area contributed by atoms with Crippen LogP contribution in [0.4, 0.5) is 0 Å². The van der Waals surface area contributed by atoms with E-state index in [1.807, 2.05) is 44.2 Å². The molecule has 0 bridgehead atoms. The van der Waals surface area contributed by atoms with E-state index in [-0.39, 0.29) is 5.91 Å². The van der Waals surface area contributed by atoms with Crippen molar-refractivity contribution in [3.05, 3.63) is 51.8 Å². The van der Waals surface area contributed by atoms with Gasteiger partial charge >= 0.3 is 0 Å². The predicted molar refractivity (Wildman–Crippen MR) is 82.0 cm³/mol. The van der Waals surface area contributed by atoms with Gasteiger partial charge in [-0.05, 0) is 38.1 Å². The lowest BCUT2D eigenvalue weighted by molar-refractivity contribution is -0.0757. The highest BCUT2D eigenvalue weighted by Gasteiger charge is 2.19. The van der Waals surface area contributed by atoms with Gasteiger partial charge in [0, 0.05) is 28.6 Å². The van der Waals surface area contributed by atoms with Crippen LogP contribution in [0.25, 0.3) is 5.69 Å². The second kappa shape index (κ2) is 5.81. The molecule has 4 nitrogen and oxygen atoms in total. The van der Waals surface area contributed by atoms with E-state index in [1.165, 1.54) is 12.2 Å². The number of rotatable bonds is 3. The van der Waals surface area contributed by atoms with Crippen LogP contribution in [0.15, 0.2) is 34.8 Å². The van der Waals surface area contributed by atoms with Crippen molar-refractivity contribution in [3.63, 3.8) is 0 Å². The van der Waals surface area contributed by atoms with Gasteiger partial charge in [-0.3, -0.25) is 9.63 Å². The molecular formula is C15H17BrN2O2. The normalized spacial score (nSPS) is 10.7. The first-order valence-electron chi connectivity index (χ1n) is 6.22. The Bertz CT molecular complexity index is 649. The van der Waals surface area contributed by atoms with Crippen molar-refractivity contribution in [2.24, 2.45) is 0 Å². The summed E-state index contributed by atoms with van der Waals surface area (Å²) in [5.74, 6) is -0.151. The summed E-state index contributed by atoms with van der Waals surface area (Å²) in [4.78, 5) is 17.2. The topological polar surface area (TPSA) is 34.5 Å². The average Bonchev–Trinajstić information content (AvgIpc) is 2.72. The molecule has 1 aromatic carbocycles. The molecule has 0 saturated carbocycles. The molecule has 1 heterocycles. The van der Waals surface area contributed by atoms with Crippen LogP contribution in [0, 0.1) is 13.8 Å². The van der Waals surface area contributed by atoms with Crippen molar-refractivity contribution < 1.29 is 9.63 Å². The number of hydrogen-bond acceptors (Lipinski definition) is 2. The first-order valence-corrected chi connectivity index (χ1v) is 7.02. The van der Waals surface area contributed by atoms with E-state index in [9.17, 15) is 4.79 Å². The van der Waals surface area contributed by atoms with E-state index in [0.717, 1.165) is 21.5 Å². The standard InChI is InChI=1S/C15H17BrN2O2/c1-10-8-14(15(19)17(3)20-4)11(2)18(10)13-7-5-6-12(16)9-13/h5-9H,1-4H3. The van der Waals surface area contributed by atoms with Gasteiger partial charge in [0.15, 0.2) is 0 Å². The van der Waals surface area contributed by atoms with Gasteiger partial charge in [0.25, 0.3) is 5.91 Å². The van der Waals surface area contributed by atoms with Gasteiger partial charge in [-0.15, -0.1) is 0 Å². The fraction of sp³-hybridized carbons (Fsp3) is 0.267. The number of amides is 1. The molecule has 0 atom stereocenters. The van der Waals surface area contributed by atoms with Crippen molar-refractivity contribution >= 4 is 21.8 Å². The molecule has 0 radical (unpaired) electrons. The fourth-order valence-corrected chi connectivity index (χ4v) is 2.63. The second-order valence-corrected chi connectivity index (χ2v) is 5.50. The van der Waals surface area contributed by atoms with E-state index in [0.29, 0.717) is 5.56 Å². The Labute approximate surface area is 127 Å². The van der Waals surface area contributed by atoms with E-state index < -0.39 is 0 Å². The number of aryl methyl sites for hydroxylation is 1. The number of carbonyl (C=O) groups is 1. The number of benzene rings is 1. The lowest BCUT2D eigenvalue weighted by Gasteiger charge is -2.14. The molecule has 5 heteroatoms. The third-order valence-corrected chi connectivity index (χ3v) is 3.78. The van der Waals surface area contributed by atoms with Gasteiger partial charge in [0.05, 0.1) is 12.7 Å². The fourth-order valence-electron chi connectivity index (χ4n) is 2.24. The minimum atomic E-state index is -0.151. The number of nitrogens with zero attached hydrogens (tertiary/aromatic N) is 2. The maximum Gasteiger partial charge on any atom is 0.278 e. The van der Waals surface area contributed by atoms with Gasteiger partial charge in [-0.1, -0.05) is 22.0 Å². The summed E-state index contributed by atoms with van der Waals surface area (Å²) < 4.78 is 3.06. The summed E-state index contributed by atoms with van der Waals surface area (Å²) in [6.07, 6.45) is 0. The highest BCUT2D eigenvalue weighted by molar-refractivity contribution is 9.10. The Balaban J connectivity index is 2.52. The molecule has 106 valence electrons. The zero-order valence-electron chi connectivity index (χ0n) is 12.0. The lowest BCUT2D eigenvalue weighted by Crippen LogP contribution is -2.25. The van der Waals surface area contributed by atoms with Crippen LogP contribution in [0.5, 0.6) is 0 Å². The lowest BCUT2D eigenvalue weighted by atomic mass is 10.2. The van der Waals surface area contributed by atoms with Crippen LogP contribution >= 0.6 is 15.9 Å². The Morgan fingerprint density at radius 3 is 2.60 bits per heavy atom. The number of hydroxylamine groups is 2. The first-order chi connectivity index (χ1) is 9.45. The van der Waals surface area contributed by atoms with Crippen LogP contribution < -0.4 is 0 Å². The summed E-state index contributed by atoms with van der Waals surface area (Å²) in [5, 5.41) is 1.23. The molecule has 0 unspecified atom stereocenters. The Hall–Kier alpha value is -1.59. The largest absolute Gasteiger partial charge is 0.318 e. The van der Waals surface area contributed by atoms with E-state index in [1.54, 1.807) is 7.05 Å². The van der Waals surface area contributed by atoms with Crippen LogP contribution in [-0.4, -0.2) is 29.7 Å². The summed E-state index contributed by atoms with van der Waals surface area (Å²) >= 11 is 3.47. The van der Waals surface area contributed by atoms with Crippen LogP contribution in [0.3, 0.4) is 0 Å². The quantitative estimate of drug-likeness (QED) is 0.804. The molecule has 0 fully saturated rings. The number of aromatic nitrogens is 1. The minimum absolute atomic E-state index is 0.151. The molecule has 2 rings (SSSR count). The highest BCUT2D eigenvalue weighted by atomic mass is 79.9. The van der Waals surface area contributed by atoms with Gasteiger partial charge in [-0.2, -0.15) is 0 Å².